The van der Waals surface area contributed by atoms with Crippen LogP contribution in [0.2, 0.25) is 0 Å². The van der Waals surface area contributed by atoms with Gasteiger partial charge in [0, 0.05) is 18.6 Å². The molecular formula is C29H34N+. The van der Waals surface area contributed by atoms with Crippen LogP contribution in [-0.4, -0.2) is 0 Å². The van der Waals surface area contributed by atoms with Crippen LogP contribution in [0.4, 0.5) is 0 Å². The molecule has 1 nitrogen and oxygen atoms in total. The van der Waals surface area contributed by atoms with Crippen LogP contribution in [-0.2, 0) is 12.5 Å². The summed E-state index contributed by atoms with van der Waals surface area (Å²) in [5.41, 5.74) is 8.85. The van der Waals surface area contributed by atoms with Gasteiger partial charge < -0.3 is 0 Å². The van der Waals surface area contributed by atoms with Crippen molar-refractivity contribution in [3.05, 3.63) is 64.8 Å². The fraction of sp³-hybridized carbons (Fsp3) is 0.483. The number of hydrogen-bond donors (Lipinski definition) is 0. The first-order valence-electron chi connectivity index (χ1n) is 11.9. The Labute approximate surface area is 181 Å². The maximum Gasteiger partial charge on any atom is 0.220 e. The first-order chi connectivity index (χ1) is 14.4. The zero-order valence-corrected chi connectivity index (χ0v) is 19.0. The molecule has 30 heavy (non-hydrogen) atoms. The average molecular weight is 397 g/mol. The van der Waals surface area contributed by atoms with Gasteiger partial charge in [-0.1, -0.05) is 29.8 Å². The minimum atomic E-state index is 0.467. The second kappa shape index (κ2) is 6.42. The van der Waals surface area contributed by atoms with E-state index in [0.717, 1.165) is 17.8 Å². The zero-order chi connectivity index (χ0) is 20.6. The van der Waals surface area contributed by atoms with Gasteiger partial charge in [0.2, 0.25) is 5.69 Å². The van der Waals surface area contributed by atoms with E-state index in [9.17, 15) is 0 Å². The average Bonchev–Trinajstić information content (AvgIpc) is 2.70. The number of benzene rings is 2. The van der Waals surface area contributed by atoms with Gasteiger partial charge in [0.15, 0.2) is 5.69 Å². The Morgan fingerprint density at radius 2 is 1.47 bits per heavy atom. The standard InChI is InChI=1S/C29H34N/c1-18-5-6-19(2)27(9-18)28-26-8-7-25(14-24(26)10-20(3)30(28)4)29-15-21-11-22(16-29)13-23(12-21)17-29/h5-10,14,21-23H,11-13,15-17H2,1-4H3/q+1. The van der Waals surface area contributed by atoms with Crippen LogP contribution in [0.25, 0.3) is 22.0 Å². The SMILES string of the molecule is Cc1ccc(C)c(-c2c3ccc(C45CC6CC(CC(C6)C4)C5)cc3cc(C)[n+]2C)c1. The summed E-state index contributed by atoms with van der Waals surface area (Å²) in [5.74, 6) is 2.98. The largest absolute Gasteiger partial charge is 0.220 e. The summed E-state index contributed by atoms with van der Waals surface area (Å²) in [6, 6.07) is 16.8. The second-order valence-electron chi connectivity index (χ2n) is 11.0. The molecule has 4 saturated carbocycles. The molecule has 154 valence electrons. The lowest BCUT2D eigenvalue weighted by atomic mass is 9.48. The predicted molar refractivity (Wildman–Crippen MR) is 125 cm³/mol. The highest BCUT2D eigenvalue weighted by atomic mass is 14.9. The van der Waals surface area contributed by atoms with Crippen LogP contribution in [0.15, 0.2) is 42.5 Å². The fourth-order valence-electron chi connectivity index (χ4n) is 7.69. The molecule has 4 aliphatic carbocycles. The number of pyridine rings is 1. The van der Waals surface area contributed by atoms with Crippen molar-refractivity contribution in [2.24, 2.45) is 24.8 Å². The van der Waals surface area contributed by atoms with Crippen molar-refractivity contribution >= 4 is 10.8 Å². The van der Waals surface area contributed by atoms with Gasteiger partial charge in [0.25, 0.3) is 0 Å². The van der Waals surface area contributed by atoms with Crippen LogP contribution in [0.3, 0.4) is 0 Å². The third kappa shape index (κ3) is 2.70. The van der Waals surface area contributed by atoms with E-state index < -0.39 is 0 Å². The molecule has 1 heterocycles. The topological polar surface area (TPSA) is 3.88 Å². The van der Waals surface area contributed by atoms with Gasteiger partial charge >= 0.3 is 0 Å². The van der Waals surface area contributed by atoms with E-state index in [1.54, 1.807) is 5.56 Å². The number of hydrogen-bond acceptors (Lipinski definition) is 0. The third-order valence-corrected chi connectivity index (χ3v) is 8.83. The molecule has 0 atom stereocenters. The van der Waals surface area contributed by atoms with Gasteiger partial charge in [0.05, 0.1) is 5.39 Å². The summed E-state index contributed by atoms with van der Waals surface area (Å²) in [6.45, 7) is 6.70. The number of rotatable bonds is 2. The quantitative estimate of drug-likeness (QED) is 0.423. The van der Waals surface area contributed by atoms with Gasteiger partial charge in [0.1, 0.15) is 7.05 Å². The van der Waals surface area contributed by atoms with Gasteiger partial charge in [-0.05, 0) is 104 Å². The van der Waals surface area contributed by atoms with Crippen molar-refractivity contribution < 1.29 is 4.57 Å². The van der Waals surface area contributed by atoms with Crippen LogP contribution in [0.1, 0.15) is 60.9 Å². The van der Waals surface area contributed by atoms with E-state index in [1.807, 2.05) is 0 Å². The van der Waals surface area contributed by atoms with Crippen molar-refractivity contribution in [2.45, 2.75) is 64.7 Å². The van der Waals surface area contributed by atoms with Gasteiger partial charge in [-0.2, -0.15) is 4.57 Å². The molecule has 0 N–H and O–H groups in total. The molecule has 0 radical (unpaired) electrons. The molecule has 0 spiro atoms. The maximum absolute atomic E-state index is 2.57. The highest BCUT2D eigenvalue weighted by Gasteiger charge is 2.51. The number of nitrogens with zero attached hydrogens (tertiary/aromatic N) is 1. The summed E-state index contributed by atoms with van der Waals surface area (Å²) in [6.07, 6.45) is 8.85. The zero-order valence-electron chi connectivity index (χ0n) is 19.0. The fourth-order valence-corrected chi connectivity index (χ4v) is 7.69. The van der Waals surface area contributed by atoms with Crippen molar-refractivity contribution in [1.29, 1.82) is 0 Å². The monoisotopic (exact) mass is 396 g/mol. The Hall–Kier alpha value is -2.15. The molecule has 1 aromatic heterocycles. The molecule has 2 aromatic carbocycles. The Morgan fingerprint density at radius 3 is 2.13 bits per heavy atom. The van der Waals surface area contributed by atoms with E-state index in [-0.39, 0.29) is 0 Å². The first-order valence-corrected chi connectivity index (χ1v) is 11.9. The van der Waals surface area contributed by atoms with Crippen molar-refractivity contribution in [3.63, 3.8) is 0 Å². The minimum absolute atomic E-state index is 0.467. The molecule has 0 aliphatic heterocycles. The third-order valence-electron chi connectivity index (χ3n) is 8.83. The van der Waals surface area contributed by atoms with E-state index in [1.165, 1.54) is 77.4 Å². The smallest absolute Gasteiger partial charge is 0.198 e. The lowest BCUT2D eigenvalue weighted by Crippen LogP contribution is -2.48. The highest BCUT2D eigenvalue weighted by Crippen LogP contribution is 2.60. The summed E-state index contributed by atoms with van der Waals surface area (Å²) < 4.78 is 2.38. The number of fused-ring (bicyclic) bond motifs is 1. The lowest BCUT2D eigenvalue weighted by Gasteiger charge is -2.57. The van der Waals surface area contributed by atoms with Gasteiger partial charge in [-0.3, -0.25) is 0 Å². The van der Waals surface area contributed by atoms with Crippen LogP contribution in [0.5, 0.6) is 0 Å². The molecule has 4 aliphatic rings. The van der Waals surface area contributed by atoms with Crippen LogP contribution < -0.4 is 4.57 Å². The molecule has 4 bridgehead atoms. The molecule has 4 fully saturated rings. The summed E-state index contributed by atoms with van der Waals surface area (Å²) in [7, 11) is 2.22. The van der Waals surface area contributed by atoms with Crippen molar-refractivity contribution in [2.75, 3.05) is 0 Å². The molecular weight excluding hydrogens is 362 g/mol. The highest BCUT2D eigenvalue weighted by molar-refractivity contribution is 5.94. The number of aromatic nitrogens is 1. The molecule has 0 unspecified atom stereocenters. The lowest BCUT2D eigenvalue weighted by molar-refractivity contribution is -0.665. The van der Waals surface area contributed by atoms with Crippen molar-refractivity contribution in [1.82, 2.24) is 0 Å². The number of aryl methyl sites for hydroxylation is 3. The van der Waals surface area contributed by atoms with E-state index in [0.29, 0.717) is 5.41 Å². The van der Waals surface area contributed by atoms with E-state index >= 15 is 0 Å². The molecule has 0 amide bonds. The molecule has 0 saturated heterocycles. The second-order valence-corrected chi connectivity index (χ2v) is 11.0. The van der Waals surface area contributed by atoms with Crippen LogP contribution in [0, 0.1) is 38.5 Å². The molecule has 7 rings (SSSR count). The molecule has 3 aromatic rings. The Balaban J connectivity index is 1.54. The van der Waals surface area contributed by atoms with Gasteiger partial charge in [-0.25, -0.2) is 0 Å². The predicted octanol–water partition coefficient (Wildman–Crippen LogP) is 6.72. The Kier molecular flexibility index (Phi) is 3.98. The summed E-state index contributed by atoms with van der Waals surface area (Å²) in [5, 5.41) is 2.82. The first kappa shape index (κ1) is 18.6. The van der Waals surface area contributed by atoms with Gasteiger partial charge in [-0.15, -0.1) is 0 Å². The van der Waals surface area contributed by atoms with Crippen LogP contribution >= 0.6 is 0 Å². The Morgan fingerprint density at radius 1 is 0.800 bits per heavy atom. The minimum Gasteiger partial charge on any atom is -0.198 e. The normalized spacial score (nSPS) is 29.7. The van der Waals surface area contributed by atoms with E-state index in [2.05, 4.69) is 74.9 Å². The molecule has 1 heteroatoms. The maximum atomic E-state index is 2.57. The van der Waals surface area contributed by atoms with Crippen molar-refractivity contribution in [3.8, 4) is 11.3 Å². The van der Waals surface area contributed by atoms with E-state index in [4.69, 9.17) is 0 Å². The summed E-state index contributed by atoms with van der Waals surface area (Å²) >= 11 is 0. The Bertz CT molecular complexity index is 1130. The summed E-state index contributed by atoms with van der Waals surface area (Å²) in [4.78, 5) is 0.